The van der Waals surface area contributed by atoms with Crippen LogP contribution < -0.4 is 29.0 Å². The smallest absolute Gasteiger partial charge is 0.255 e. The minimum Gasteiger partial charge on any atom is -0.496 e. The first kappa shape index (κ1) is 25.4. The Bertz CT molecular complexity index is 1300. The lowest BCUT2D eigenvalue weighted by Gasteiger charge is -2.14. The maximum absolute atomic E-state index is 12.8. The van der Waals surface area contributed by atoms with E-state index in [0.29, 0.717) is 39.8 Å². The molecule has 184 valence electrons. The lowest BCUT2D eigenvalue weighted by molar-refractivity contribution is 0.102. The fourth-order valence-corrected chi connectivity index (χ4v) is 4.04. The second-order valence-electron chi connectivity index (χ2n) is 7.13. The maximum Gasteiger partial charge on any atom is 0.255 e. The average Bonchev–Trinajstić information content (AvgIpc) is 2.87. The zero-order chi connectivity index (χ0) is 25.4. The number of methoxy groups -OCH3 is 4. The van der Waals surface area contributed by atoms with Crippen LogP contribution in [0.5, 0.6) is 23.0 Å². The van der Waals surface area contributed by atoms with Crippen molar-refractivity contribution in [1.29, 1.82) is 0 Å². The quantitative estimate of drug-likeness (QED) is 0.426. The first-order chi connectivity index (χ1) is 16.8. The Balaban J connectivity index is 1.85. The van der Waals surface area contributed by atoms with Crippen LogP contribution in [-0.4, -0.2) is 42.8 Å². The highest BCUT2D eigenvalue weighted by Gasteiger charge is 2.15. The highest BCUT2D eigenvalue weighted by molar-refractivity contribution is 7.95. The number of carbonyl (C=O) groups is 1. The van der Waals surface area contributed by atoms with Crippen LogP contribution in [0.3, 0.4) is 0 Å². The van der Waals surface area contributed by atoms with Crippen molar-refractivity contribution in [2.75, 3.05) is 38.5 Å². The Morgan fingerprint density at radius 3 is 2.00 bits per heavy atom. The number of benzene rings is 3. The maximum atomic E-state index is 12.8. The summed E-state index contributed by atoms with van der Waals surface area (Å²) in [6.07, 6.45) is 1.36. The van der Waals surface area contributed by atoms with Gasteiger partial charge in [0.25, 0.3) is 15.9 Å². The van der Waals surface area contributed by atoms with Crippen molar-refractivity contribution in [2.24, 2.45) is 0 Å². The van der Waals surface area contributed by atoms with Gasteiger partial charge in [0.15, 0.2) is 0 Å². The predicted octanol–water partition coefficient (Wildman–Crippen LogP) is 4.39. The van der Waals surface area contributed by atoms with E-state index < -0.39 is 10.0 Å². The molecule has 2 N–H and O–H groups in total. The van der Waals surface area contributed by atoms with Crippen molar-refractivity contribution in [2.45, 2.75) is 0 Å². The molecule has 10 heteroatoms. The van der Waals surface area contributed by atoms with Gasteiger partial charge in [-0.3, -0.25) is 9.52 Å². The lowest BCUT2D eigenvalue weighted by atomic mass is 10.1. The summed E-state index contributed by atoms with van der Waals surface area (Å²) in [5.41, 5.74) is 1.41. The molecule has 0 aliphatic heterocycles. The van der Waals surface area contributed by atoms with Gasteiger partial charge in [-0.1, -0.05) is 18.2 Å². The van der Waals surface area contributed by atoms with Gasteiger partial charge < -0.3 is 24.3 Å². The molecule has 0 saturated heterocycles. The zero-order valence-electron chi connectivity index (χ0n) is 19.7. The zero-order valence-corrected chi connectivity index (χ0v) is 20.5. The molecule has 0 aliphatic rings. The molecule has 0 spiro atoms. The summed E-state index contributed by atoms with van der Waals surface area (Å²) in [6, 6.07) is 16.4. The van der Waals surface area contributed by atoms with Crippen molar-refractivity contribution in [3.8, 4) is 23.0 Å². The van der Waals surface area contributed by atoms with E-state index in [1.54, 1.807) is 48.5 Å². The Labute approximate surface area is 204 Å². The predicted molar refractivity (Wildman–Crippen MR) is 135 cm³/mol. The van der Waals surface area contributed by atoms with E-state index in [-0.39, 0.29) is 11.6 Å². The van der Waals surface area contributed by atoms with E-state index >= 15 is 0 Å². The van der Waals surface area contributed by atoms with Crippen molar-refractivity contribution in [3.63, 3.8) is 0 Å². The fourth-order valence-electron chi connectivity index (χ4n) is 3.21. The van der Waals surface area contributed by atoms with E-state index in [2.05, 4.69) is 10.0 Å². The summed E-state index contributed by atoms with van der Waals surface area (Å²) in [6.45, 7) is 0. The molecule has 0 unspecified atom stereocenters. The second kappa shape index (κ2) is 11.3. The number of anilines is 2. The summed E-state index contributed by atoms with van der Waals surface area (Å²) in [4.78, 5) is 12.6. The Morgan fingerprint density at radius 1 is 0.800 bits per heavy atom. The third kappa shape index (κ3) is 6.45. The molecular weight excluding hydrogens is 472 g/mol. The Hall–Kier alpha value is -4.18. The number of hydrogen-bond donors (Lipinski definition) is 2. The number of sulfonamides is 1. The minimum absolute atomic E-state index is 0.229. The van der Waals surface area contributed by atoms with E-state index in [4.69, 9.17) is 18.9 Å². The summed E-state index contributed by atoms with van der Waals surface area (Å²) < 4.78 is 49.2. The Morgan fingerprint density at radius 2 is 1.43 bits per heavy atom. The standard InChI is InChI=1S/C25H26N2O7S/c1-31-19-15-23(33-3)20(24(16-19)34-4)12-13-35(29,30)27-18-10-11-22(32-2)21(14-18)26-25(28)17-8-6-5-7-9-17/h5-16,27H,1-4H3,(H,26,28)/b13-12+. The molecule has 0 radical (unpaired) electrons. The topological polar surface area (TPSA) is 112 Å². The van der Waals surface area contributed by atoms with Gasteiger partial charge in [-0.05, 0) is 36.4 Å². The number of carbonyl (C=O) groups excluding carboxylic acids is 1. The minimum atomic E-state index is -3.94. The number of hydrogen-bond acceptors (Lipinski definition) is 7. The van der Waals surface area contributed by atoms with Gasteiger partial charge in [0.2, 0.25) is 0 Å². The first-order valence-electron chi connectivity index (χ1n) is 10.4. The van der Waals surface area contributed by atoms with E-state index in [1.165, 1.54) is 46.6 Å². The molecule has 0 aliphatic carbocycles. The number of ether oxygens (including phenoxy) is 4. The van der Waals surface area contributed by atoms with Gasteiger partial charge in [0.1, 0.15) is 23.0 Å². The highest BCUT2D eigenvalue weighted by Crippen LogP contribution is 2.35. The van der Waals surface area contributed by atoms with Crippen molar-refractivity contribution >= 4 is 33.4 Å². The Kier molecular flexibility index (Phi) is 8.21. The molecule has 0 saturated carbocycles. The summed E-state index contributed by atoms with van der Waals surface area (Å²) in [5, 5.41) is 3.73. The molecule has 0 fully saturated rings. The average molecular weight is 499 g/mol. The third-order valence-corrected chi connectivity index (χ3v) is 5.93. The van der Waals surface area contributed by atoms with Crippen LogP contribution in [0.1, 0.15) is 15.9 Å². The number of amides is 1. The molecule has 3 aromatic rings. The van der Waals surface area contributed by atoms with Gasteiger partial charge in [-0.15, -0.1) is 0 Å². The van der Waals surface area contributed by atoms with Crippen LogP contribution in [-0.2, 0) is 10.0 Å². The summed E-state index contributed by atoms with van der Waals surface area (Å²) in [5.74, 6) is 1.27. The van der Waals surface area contributed by atoms with Gasteiger partial charge in [0.05, 0.1) is 50.8 Å². The molecule has 3 rings (SSSR count). The van der Waals surface area contributed by atoms with Crippen molar-refractivity contribution < 1.29 is 32.2 Å². The van der Waals surface area contributed by atoms with Crippen LogP contribution >= 0.6 is 0 Å². The second-order valence-corrected chi connectivity index (χ2v) is 8.70. The monoisotopic (exact) mass is 498 g/mol. The molecule has 0 atom stereocenters. The van der Waals surface area contributed by atoms with Crippen LogP contribution in [0.15, 0.2) is 66.1 Å². The summed E-state index contributed by atoms with van der Waals surface area (Å²) >= 11 is 0. The summed E-state index contributed by atoms with van der Waals surface area (Å²) in [7, 11) is 1.93. The van der Waals surface area contributed by atoms with Gasteiger partial charge in [0, 0.05) is 17.7 Å². The van der Waals surface area contributed by atoms with Crippen LogP contribution in [0.25, 0.3) is 6.08 Å². The number of nitrogens with one attached hydrogen (secondary N) is 2. The normalized spacial score (nSPS) is 11.1. The van der Waals surface area contributed by atoms with Gasteiger partial charge in [-0.2, -0.15) is 0 Å². The SMILES string of the molecule is COc1cc(OC)c(/C=C/S(=O)(=O)Nc2ccc(OC)c(NC(=O)c3ccccc3)c2)c(OC)c1. The molecule has 9 nitrogen and oxygen atoms in total. The first-order valence-corrected chi connectivity index (χ1v) is 11.9. The van der Waals surface area contributed by atoms with Crippen LogP contribution in [0, 0.1) is 0 Å². The molecule has 35 heavy (non-hydrogen) atoms. The largest absolute Gasteiger partial charge is 0.496 e. The van der Waals surface area contributed by atoms with Gasteiger partial charge in [-0.25, -0.2) is 8.42 Å². The molecule has 0 bridgehead atoms. The van der Waals surface area contributed by atoms with E-state index in [9.17, 15) is 13.2 Å². The molecule has 0 heterocycles. The third-order valence-electron chi connectivity index (χ3n) is 4.91. The highest BCUT2D eigenvalue weighted by atomic mass is 32.2. The van der Waals surface area contributed by atoms with E-state index in [0.717, 1.165) is 5.41 Å². The van der Waals surface area contributed by atoms with Crippen LogP contribution in [0.2, 0.25) is 0 Å². The number of rotatable bonds is 10. The van der Waals surface area contributed by atoms with E-state index in [1.807, 2.05) is 0 Å². The molecule has 3 aromatic carbocycles. The molecule has 1 amide bonds. The lowest BCUT2D eigenvalue weighted by Crippen LogP contribution is -2.13. The molecule has 0 aromatic heterocycles. The fraction of sp³-hybridized carbons (Fsp3) is 0.160. The van der Waals surface area contributed by atoms with Gasteiger partial charge >= 0.3 is 0 Å². The molecular formula is C25H26N2O7S. The van der Waals surface area contributed by atoms with Crippen molar-refractivity contribution in [3.05, 3.63) is 77.2 Å². The van der Waals surface area contributed by atoms with Crippen molar-refractivity contribution in [1.82, 2.24) is 0 Å². The van der Waals surface area contributed by atoms with Crippen LogP contribution in [0.4, 0.5) is 11.4 Å².